The third-order valence-corrected chi connectivity index (χ3v) is 3.70. The van der Waals surface area contributed by atoms with E-state index in [4.69, 9.17) is 11.6 Å². The number of benzene rings is 2. The van der Waals surface area contributed by atoms with Crippen LogP contribution in [0.15, 0.2) is 48.5 Å². The Bertz CT molecular complexity index is 556. The molecule has 100 valence electrons. The lowest BCUT2D eigenvalue weighted by molar-refractivity contribution is 0.0319. The number of halogens is 2. The Balaban J connectivity index is 2.36. The van der Waals surface area contributed by atoms with Crippen LogP contribution in [0.2, 0.25) is 5.02 Å². The van der Waals surface area contributed by atoms with Gasteiger partial charge in [-0.25, -0.2) is 4.39 Å². The Morgan fingerprint density at radius 1 is 1.11 bits per heavy atom. The fraction of sp³-hybridized carbons (Fsp3) is 0.250. The maximum absolute atomic E-state index is 13.9. The van der Waals surface area contributed by atoms with Crippen LogP contribution in [0.1, 0.15) is 24.5 Å². The SMILES string of the molecule is CCC(O)(Cc1cccc(Cl)c1F)c1ccccc1. The summed E-state index contributed by atoms with van der Waals surface area (Å²) in [4.78, 5) is 0. The van der Waals surface area contributed by atoms with Crippen LogP contribution in [-0.2, 0) is 12.0 Å². The molecule has 2 rings (SSSR count). The zero-order valence-corrected chi connectivity index (χ0v) is 11.5. The second-order valence-corrected chi connectivity index (χ2v) is 5.05. The molecule has 19 heavy (non-hydrogen) atoms. The van der Waals surface area contributed by atoms with Crippen molar-refractivity contribution in [3.05, 3.63) is 70.5 Å². The van der Waals surface area contributed by atoms with Crippen molar-refractivity contribution in [3.63, 3.8) is 0 Å². The molecule has 0 amide bonds. The number of hydrogen-bond acceptors (Lipinski definition) is 1. The molecule has 0 heterocycles. The van der Waals surface area contributed by atoms with Gasteiger partial charge in [-0.3, -0.25) is 0 Å². The van der Waals surface area contributed by atoms with Crippen molar-refractivity contribution in [2.75, 3.05) is 0 Å². The van der Waals surface area contributed by atoms with Crippen LogP contribution in [0.3, 0.4) is 0 Å². The Labute approximate surface area is 117 Å². The van der Waals surface area contributed by atoms with Crippen LogP contribution >= 0.6 is 11.6 Å². The van der Waals surface area contributed by atoms with Crippen LogP contribution in [0, 0.1) is 5.82 Å². The van der Waals surface area contributed by atoms with Crippen molar-refractivity contribution in [2.24, 2.45) is 0 Å². The van der Waals surface area contributed by atoms with E-state index in [2.05, 4.69) is 0 Å². The summed E-state index contributed by atoms with van der Waals surface area (Å²) in [5.74, 6) is -0.452. The standard InChI is InChI=1S/C16H16ClFO/c1-2-16(19,13-8-4-3-5-9-13)11-12-7-6-10-14(17)15(12)18/h3-10,19H,2,11H2,1H3. The van der Waals surface area contributed by atoms with Gasteiger partial charge in [-0.15, -0.1) is 0 Å². The van der Waals surface area contributed by atoms with Gasteiger partial charge in [0.25, 0.3) is 0 Å². The normalized spacial score (nSPS) is 14.1. The molecule has 2 aromatic carbocycles. The lowest BCUT2D eigenvalue weighted by atomic mass is 9.85. The minimum atomic E-state index is -1.08. The van der Waals surface area contributed by atoms with Crippen molar-refractivity contribution in [1.29, 1.82) is 0 Å². The summed E-state index contributed by atoms with van der Waals surface area (Å²) in [6, 6.07) is 14.2. The Morgan fingerprint density at radius 3 is 2.42 bits per heavy atom. The molecule has 0 aromatic heterocycles. The minimum Gasteiger partial charge on any atom is -0.385 e. The van der Waals surface area contributed by atoms with E-state index >= 15 is 0 Å². The summed E-state index contributed by atoms with van der Waals surface area (Å²) >= 11 is 5.78. The van der Waals surface area contributed by atoms with E-state index in [1.54, 1.807) is 12.1 Å². The average Bonchev–Trinajstić information content (AvgIpc) is 2.45. The summed E-state index contributed by atoms with van der Waals surface area (Å²) in [7, 11) is 0. The van der Waals surface area contributed by atoms with Crippen molar-refractivity contribution >= 4 is 11.6 Å². The predicted octanol–water partition coefficient (Wildman–Crippen LogP) is 4.32. The summed E-state index contributed by atoms with van der Waals surface area (Å²) < 4.78 is 13.9. The molecule has 0 spiro atoms. The first-order chi connectivity index (χ1) is 9.07. The predicted molar refractivity (Wildman–Crippen MR) is 75.7 cm³/mol. The molecule has 1 nitrogen and oxygen atoms in total. The lowest BCUT2D eigenvalue weighted by Gasteiger charge is -2.27. The van der Waals surface area contributed by atoms with Gasteiger partial charge in [0.05, 0.1) is 10.6 Å². The van der Waals surface area contributed by atoms with Crippen molar-refractivity contribution in [2.45, 2.75) is 25.4 Å². The molecule has 0 saturated carbocycles. The first-order valence-electron chi connectivity index (χ1n) is 6.27. The van der Waals surface area contributed by atoms with E-state index in [9.17, 15) is 9.50 Å². The molecule has 0 saturated heterocycles. The molecule has 1 atom stereocenters. The van der Waals surface area contributed by atoms with Gasteiger partial charge in [0.1, 0.15) is 5.82 Å². The molecule has 0 fully saturated rings. The van der Waals surface area contributed by atoms with E-state index in [0.29, 0.717) is 12.0 Å². The van der Waals surface area contributed by atoms with Gasteiger partial charge >= 0.3 is 0 Å². The second kappa shape index (κ2) is 5.72. The zero-order chi connectivity index (χ0) is 13.9. The number of aliphatic hydroxyl groups is 1. The van der Waals surface area contributed by atoms with Gasteiger partial charge in [-0.1, -0.05) is 61.0 Å². The lowest BCUT2D eigenvalue weighted by Crippen LogP contribution is -2.28. The molecule has 0 radical (unpaired) electrons. The topological polar surface area (TPSA) is 20.2 Å². The highest BCUT2D eigenvalue weighted by Gasteiger charge is 2.28. The smallest absolute Gasteiger partial charge is 0.145 e. The van der Waals surface area contributed by atoms with Gasteiger partial charge in [-0.05, 0) is 23.6 Å². The van der Waals surface area contributed by atoms with Gasteiger partial charge in [0.15, 0.2) is 0 Å². The van der Waals surface area contributed by atoms with Gasteiger partial charge in [0.2, 0.25) is 0 Å². The first-order valence-corrected chi connectivity index (χ1v) is 6.65. The minimum absolute atomic E-state index is 0.0871. The second-order valence-electron chi connectivity index (χ2n) is 4.64. The Hall–Kier alpha value is -1.38. The van der Waals surface area contributed by atoms with E-state index in [1.807, 2.05) is 37.3 Å². The maximum atomic E-state index is 13.9. The highest BCUT2D eigenvalue weighted by molar-refractivity contribution is 6.30. The first kappa shape index (κ1) is 14.0. The van der Waals surface area contributed by atoms with Crippen LogP contribution in [-0.4, -0.2) is 5.11 Å². The van der Waals surface area contributed by atoms with E-state index in [-0.39, 0.29) is 11.4 Å². The van der Waals surface area contributed by atoms with Crippen LogP contribution in [0.25, 0.3) is 0 Å². The van der Waals surface area contributed by atoms with E-state index in [1.165, 1.54) is 6.07 Å². The van der Waals surface area contributed by atoms with E-state index in [0.717, 1.165) is 5.56 Å². The summed E-state index contributed by atoms with van der Waals surface area (Å²) in [6.45, 7) is 1.88. The van der Waals surface area contributed by atoms with Crippen LogP contribution < -0.4 is 0 Å². The van der Waals surface area contributed by atoms with Gasteiger partial charge in [0, 0.05) is 6.42 Å². The average molecular weight is 279 g/mol. The molecule has 0 bridgehead atoms. The molecule has 0 aliphatic heterocycles. The van der Waals surface area contributed by atoms with Gasteiger partial charge in [-0.2, -0.15) is 0 Å². The molecule has 3 heteroatoms. The Morgan fingerprint density at radius 2 is 1.79 bits per heavy atom. The summed E-state index contributed by atoms with van der Waals surface area (Å²) in [6.07, 6.45) is 0.711. The molecular weight excluding hydrogens is 263 g/mol. The van der Waals surface area contributed by atoms with Crippen molar-refractivity contribution in [3.8, 4) is 0 Å². The summed E-state index contributed by atoms with van der Waals surface area (Å²) in [5.41, 5.74) is 0.143. The highest BCUT2D eigenvalue weighted by atomic mass is 35.5. The molecule has 2 aromatic rings. The van der Waals surface area contributed by atoms with Crippen molar-refractivity contribution in [1.82, 2.24) is 0 Å². The molecule has 0 aliphatic rings. The monoisotopic (exact) mass is 278 g/mol. The fourth-order valence-electron chi connectivity index (χ4n) is 2.18. The molecule has 1 N–H and O–H groups in total. The third kappa shape index (κ3) is 2.96. The van der Waals surface area contributed by atoms with Crippen LogP contribution in [0.4, 0.5) is 4.39 Å². The van der Waals surface area contributed by atoms with E-state index < -0.39 is 11.4 Å². The maximum Gasteiger partial charge on any atom is 0.145 e. The fourth-order valence-corrected chi connectivity index (χ4v) is 2.37. The number of rotatable bonds is 4. The Kier molecular flexibility index (Phi) is 4.23. The zero-order valence-electron chi connectivity index (χ0n) is 10.7. The largest absolute Gasteiger partial charge is 0.385 e. The number of hydrogen-bond donors (Lipinski definition) is 1. The molecule has 0 aliphatic carbocycles. The van der Waals surface area contributed by atoms with Crippen molar-refractivity contribution < 1.29 is 9.50 Å². The summed E-state index contributed by atoms with van der Waals surface area (Å²) in [5, 5.41) is 10.8. The van der Waals surface area contributed by atoms with Gasteiger partial charge < -0.3 is 5.11 Å². The third-order valence-electron chi connectivity index (χ3n) is 3.41. The molecular formula is C16H16ClFO. The quantitative estimate of drug-likeness (QED) is 0.883. The van der Waals surface area contributed by atoms with Crippen LogP contribution in [0.5, 0.6) is 0 Å². The highest BCUT2D eigenvalue weighted by Crippen LogP contribution is 2.31. The molecule has 1 unspecified atom stereocenters.